The van der Waals surface area contributed by atoms with Crippen LogP contribution in [-0.2, 0) is 0 Å². The molecule has 0 spiro atoms. The predicted molar refractivity (Wildman–Crippen MR) is 258 cm³/mol. The summed E-state index contributed by atoms with van der Waals surface area (Å²) in [6, 6.07) is 75.8. The molecule has 5 heteroatoms. The van der Waals surface area contributed by atoms with Crippen LogP contribution in [0.1, 0.15) is 17.5 Å². The molecule has 0 saturated carbocycles. The number of hydrogen-bond donors (Lipinski definition) is 1. The van der Waals surface area contributed by atoms with Crippen molar-refractivity contribution in [1.29, 1.82) is 0 Å². The van der Waals surface area contributed by atoms with Crippen LogP contribution in [0, 0.1) is 13.8 Å². The van der Waals surface area contributed by atoms with E-state index in [1.165, 1.54) is 11.1 Å². The van der Waals surface area contributed by atoms with Crippen LogP contribution in [0.25, 0.3) is 0 Å². The lowest BCUT2D eigenvalue weighted by Crippen LogP contribution is -2.31. The summed E-state index contributed by atoms with van der Waals surface area (Å²) < 4.78 is 0. The van der Waals surface area contributed by atoms with Gasteiger partial charge in [0.25, 0.3) is 0 Å². The molecule has 1 aliphatic rings. The van der Waals surface area contributed by atoms with E-state index in [0.29, 0.717) is 0 Å². The van der Waals surface area contributed by atoms with Gasteiger partial charge < -0.3 is 25.3 Å². The largest absolute Gasteiger partial charge is 0.399 e. The molecule has 8 aromatic rings. The Balaban J connectivity index is 1.13. The fraction of sp³-hybridized carbons (Fsp3) is 0.0714. The van der Waals surface area contributed by atoms with Crippen molar-refractivity contribution in [2.75, 3.05) is 19.6 Å². The summed E-state index contributed by atoms with van der Waals surface area (Å²) in [5, 5.41) is 0. The molecule has 8 aromatic carbocycles. The molecule has 0 aromatic heterocycles. The lowest BCUT2D eigenvalue weighted by molar-refractivity contribution is 0.776. The molecule has 1 unspecified atom stereocenters. The monoisotopic (exact) mass is 791 g/mol. The molecular weight excluding hydrogens is 743 g/mol. The first-order valence-corrected chi connectivity index (χ1v) is 20.9. The number of allylic oxidation sites excluding steroid dienone is 1. The van der Waals surface area contributed by atoms with Crippen LogP contribution >= 0.6 is 0 Å². The molecule has 0 aliphatic heterocycles. The number of rotatable bonds is 12. The van der Waals surface area contributed by atoms with E-state index in [0.717, 1.165) is 74.7 Å². The van der Waals surface area contributed by atoms with Gasteiger partial charge in [-0.25, -0.2) is 0 Å². The van der Waals surface area contributed by atoms with Crippen LogP contribution < -0.4 is 25.3 Å². The number of benzene rings is 8. The molecule has 5 nitrogen and oxygen atoms in total. The van der Waals surface area contributed by atoms with Gasteiger partial charge in [-0.05, 0) is 177 Å². The zero-order valence-electron chi connectivity index (χ0n) is 34.6. The zero-order chi connectivity index (χ0) is 41.5. The number of aryl methyl sites for hydroxylation is 2. The van der Waals surface area contributed by atoms with Gasteiger partial charge in [0.1, 0.15) is 0 Å². The Kier molecular flexibility index (Phi) is 11.2. The van der Waals surface area contributed by atoms with Crippen molar-refractivity contribution in [3.63, 3.8) is 0 Å². The summed E-state index contributed by atoms with van der Waals surface area (Å²) >= 11 is 0. The van der Waals surface area contributed by atoms with E-state index in [2.05, 4.69) is 258 Å². The van der Waals surface area contributed by atoms with Crippen molar-refractivity contribution in [3.05, 3.63) is 247 Å². The van der Waals surface area contributed by atoms with Crippen molar-refractivity contribution >= 4 is 62.6 Å². The summed E-state index contributed by atoms with van der Waals surface area (Å²) in [4.78, 5) is 9.34. The number of anilines is 11. The number of para-hydroxylation sites is 3. The Labute approximate surface area is 360 Å². The van der Waals surface area contributed by atoms with Crippen molar-refractivity contribution in [1.82, 2.24) is 0 Å². The third-order valence-electron chi connectivity index (χ3n) is 11.1. The van der Waals surface area contributed by atoms with Gasteiger partial charge in [0.05, 0.1) is 6.04 Å². The second-order valence-corrected chi connectivity index (χ2v) is 15.5. The minimum absolute atomic E-state index is 0.0939. The smallest absolute Gasteiger partial charge is 0.0579 e. The van der Waals surface area contributed by atoms with Gasteiger partial charge in [-0.3, -0.25) is 0 Å². The number of hydrogen-bond acceptors (Lipinski definition) is 5. The van der Waals surface area contributed by atoms with E-state index in [9.17, 15) is 0 Å². The van der Waals surface area contributed by atoms with Gasteiger partial charge in [-0.2, -0.15) is 0 Å². The van der Waals surface area contributed by atoms with E-state index in [-0.39, 0.29) is 6.04 Å². The predicted octanol–water partition coefficient (Wildman–Crippen LogP) is 15.0. The van der Waals surface area contributed by atoms with Gasteiger partial charge >= 0.3 is 0 Å². The summed E-state index contributed by atoms with van der Waals surface area (Å²) in [5.41, 5.74) is 21.5. The van der Waals surface area contributed by atoms with Gasteiger partial charge in [-0.15, -0.1) is 0 Å². The van der Waals surface area contributed by atoms with E-state index < -0.39 is 0 Å². The Morgan fingerprint density at radius 1 is 0.361 bits per heavy atom. The van der Waals surface area contributed by atoms with Crippen molar-refractivity contribution in [2.45, 2.75) is 26.3 Å². The minimum Gasteiger partial charge on any atom is -0.399 e. The summed E-state index contributed by atoms with van der Waals surface area (Å²) in [6.07, 6.45) is 7.18. The Bertz CT molecular complexity index is 2610. The molecule has 2 N–H and O–H groups in total. The highest BCUT2D eigenvalue weighted by atomic mass is 15.2. The van der Waals surface area contributed by atoms with E-state index in [1.54, 1.807) is 0 Å². The lowest BCUT2D eigenvalue weighted by atomic mass is 10.0. The molecule has 298 valence electrons. The third-order valence-corrected chi connectivity index (χ3v) is 11.1. The van der Waals surface area contributed by atoms with Crippen molar-refractivity contribution < 1.29 is 0 Å². The standard InChI is InChI=1S/C56H49N5/c1-42-15-12-24-54(39-42)59(45-18-6-3-7-19-45)51-33-27-48(28-34-51)58(49-29-35-52(36-30-49)60(46-20-8-4-9-21-46)55-25-13-16-43(2)40-55)50-31-37-53(38-32-50)61(47-22-10-5-11-23-47)56-26-14-17-44(57)41-56/h3-25,27-41,56H,26,57H2,1-2H3. The first-order valence-electron chi connectivity index (χ1n) is 20.9. The summed E-state index contributed by atoms with van der Waals surface area (Å²) in [5.74, 6) is 0. The normalized spacial score (nSPS) is 13.3. The Morgan fingerprint density at radius 2 is 0.672 bits per heavy atom. The molecular formula is C56H49N5. The first kappa shape index (κ1) is 38.7. The van der Waals surface area contributed by atoms with Gasteiger partial charge in [-0.1, -0.05) is 84.9 Å². The molecule has 9 rings (SSSR count). The SMILES string of the molecule is Cc1cccc(N(c2ccccc2)c2ccc(N(c3ccc(N(c4ccccc4)c4cccc(C)c4)cc3)c3ccc(N(c4ccccc4)C4C=C(N)C=CC4)cc3)cc2)c1. The number of nitrogens with two attached hydrogens (primary N) is 1. The average molecular weight is 792 g/mol. The fourth-order valence-electron chi connectivity index (χ4n) is 8.28. The van der Waals surface area contributed by atoms with Crippen LogP contribution in [0.3, 0.4) is 0 Å². The number of nitrogens with zero attached hydrogens (tertiary/aromatic N) is 4. The molecule has 0 radical (unpaired) electrons. The van der Waals surface area contributed by atoms with E-state index >= 15 is 0 Å². The molecule has 1 aliphatic carbocycles. The second-order valence-electron chi connectivity index (χ2n) is 15.5. The topological polar surface area (TPSA) is 39.0 Å². The summed E-state index contributed by atoms with van der Waals surface area (Å²) in [7, 11) is 0. The van der Waals surface area contributed by atoms with Crippen LogP contribution in [0.4, 0.5) is 62.6 Å². The van der Waals surface area contributed by atoms with Crippen LogP contribution in [-0.4, -0.2) is 6.04 Å². The molecule has 1 atom stereocenters. The highest BCUT2D eigenvalue weighted by molar-refractivity contribution is 5.84. The highest BCUT2D eigenvalue weighted by Crippen LogP contribution is 2.42. The van der Waals surface area contributed by atoms with Crippen LogP contribution in [0.15, 0.2) is 236 Å². The van der Waals surface area contributed by atoms with Gasteiger partial charge in [0.2, 0.25) is 0 Å². The minimum atomic E-state index is 0.0939. The third kappa shape index (κ3) is 8.54. The maximum absolute atomic E-state index is 6.35. The maximum Gasteiger partial charge on any atom is 0.0579 e. The van der Waals surface area contributed by atoms with Gasteiger partial charge in [0.15, 0.2) is 0 Å². The van der Waals surface area contributed by atoms with Crippen LogP contribution in [0.5, 0.6) is 0 Å². The Morgan fingerprint density at radius 3 is 1.05 bits per heavy atom. The van der Waals surface area contributed by atoms with Crippen molar-refractivity contribution in [3.8, 4) is 0 Å². The first-order chi connectivity index (χ1) is 30.0. The van der Waals surface area contributed by atoms with E-state index in [4.69, 9.17) is 5.73 Å². The Hall–Kier alpha value is -7.76. The highest BCUT2D eigenvalue weighted by Gasteiger charge is 2.22. The zero-order valence-corrected chi connectivity index (χ0v) is 34.6. The average Bonchev–Trinajstić information content (AvgIpc) is 3.30. The van der Waals surface area contributed by atoms with E-state index in [1.807, 2.05) is 6.08 Å². The van der Waals surface area contributed by atoms with Gasteiger partial charge in [0, 0.05) is 68.3 Å². The maximum atomic E-state index is 6.35. The molecule has 61 heavy (non-hydrogen) atoms. The quantitative estimate of drug-likeness (QED) is 0.133. The molecule has 0 fully saturated rings. The van der Waals surface area contributed by atoms with Crippen molar-refractivity contribution in [2.24, 2.45) is 5.73 Å². The molecule has 0 bridgehead atoms. The van der Waals surface area contributed by atoms with Crippen LogP contribution in [0.2, 0.25) is 0 Å². The molecule has 0 heterocycles. The molecule has 0 amide bonds. The fourth-order valence-corrected chi connectivity index (χ4v) is 8.28. The summed E-state index contributed by atoms with van der Waals surface area (Å²) in [6.45, 7) is 4.28. The second kappa shape index (κ2) is 17.6. The molecule has 0 saturated heterocycles. The lowest BCUT2D eigenvalue weighted by Gasteiger charge is -2.34.